The smallest absolute Gasteiger partial charge is 0.266 e. The second-order valence-electron chi connectivity index (χ2n) is 7.37. The highest BCUT2D eigenvalue weighted by Crippen LogP contribution is 2.31. The summed E-state index contributed by atoms with van der Waals surface area (Å²) in [6.07, 6.45) is 4.08. The largest absolute Gasteiger partial charge is 0.348 e. The summed E-state index contributed by atoms with van der Waals surface area (Å²) in [5.41, 5.74) is 3.13. The number of H-pyrrole nitrogens is 1. The Labute approximate surface area is 152 Å². The van der Waals surface area contributed by atoms with Crippen molar-refractivity contribution < 1.29 is 4.79 Å². The molecule has 2 aromatic heterocycles. The van der Waals surface area contributed by atoms with Crippen molar-refractivity contribution in [3.05, 3.63) is 33.3 Å². The van der Waals surface area contributed by atoms with E-state index in [4.69, 9.17) is 0 Å². The van der Waals surface area contributed by atoms with Gasteiger partial charge in [0.15, 0.2) is 0 Å². The number of aryl methyl sites for hydroxylation is 3. The zero-order chi connectivity index (χ0) is 17.6. The molecule has 2 bridgehead atoms. The van der Waals surface area contributed by atoms with E-state index in [-0.39, 0.29) is 5.91 Å². The fourth-order valence-electron chi connectivity index (χ4n) is 4.18. The van der Waals surface area contributed by atoms with Crippen LogP contribution in [0.15, 0.2) is 6.33 Å². The highest BCUT2D eigenvalue weighted by molar-refractivity contribution is 7.13. The fourth-order valence-corrected chi connectivity index (χ4v) is 5.05. The Balaban J connectivity index is 1.52. The molecule has 7 heteroatoms. The van der Waals surface area contributed by atoms with Crippen LogP contribution in [0, 0.1) is 26.7 Å². The Hall–Kier alpha value is -1.73. The zero-order valence-electron chi connectivity index (χ0n) is 15.1. The van der Waals surface area contributed by atoms with Crippen molar-refractivity contribution in [2.45, 2.75) is 46.2 Å². The molecule has 3 aliphatic heterocycles. The Morgan fingerprint density at radius 1 is 1.28 bits per heavy atom. The average Bonchev–Trinajstić information content (AvgIpc) is 3.00. The summed E-state index contributed by atoms with van der Waals surface area (Å²) in [7, 11) is 0. The molecule has 2 atom stereocenters. The summed E-state index contributed by atoms with van der Waals surface area (Å²) in [6, 6.07) is 0.298. The van der Waals surface area contributed by atoms with Crippen LogP contribution in [-0.4, -0.2) is 56.3 Å². The van der Waals surface area contributed by atoms with Gasteiger partial charge in [-0.25, -0.2) is 9.97 Å². The fraction of sp³-hybridized carbons (Fsp3) is 0.611. The van der Waals surface area contributed by atoms with E-state index >= 15 is 0 Å². The second kappa shape index (κ2) is 6.53. The lowest BCUT2D eigenvalue weighted by molar-refractivity contribution is 0.0589. The molecule has 3 aliphatic rings. The van der Waals surface area contributed by atoms with Crippen LogP contribution in [-0.2, 0) is 6.54 Å². The van der Waals surface area contributed by atoms with Gasteiger partial charge >= 0.3 is 0 Å². The number of amides is 1. The molecule has 6 nitrogen and oxygen atoms in total. The summed E-state index contributed by atoms with van der Waals surface area (Å²) in [5, 5.41) is 0.969. The molecule has 0 radical (unpaired) electrons. The van der Waals surface area contributed by atoms with E-state index in [0.717, 1.165) is 59.6 Å². The minimum Gasteiger partial charge on any atom is -0.348 e. The minimum absolute atomic E-state index is 0.176. The molecule has 5 rings (SSSR count). The molecular formula is C18H25N5OS. The van der Waals surface area contributed by atoms with Crippen LogP contribution in [0.2, 0.25) is 0 Å². The lowest BCUT2D eigenvalue weighted by Gasteiger charge is -2.36. The SMILES string of the molecule is Cc1nc(C)c(C(=O)N2C[C@@H]3CC[C@H]2CN(Cc2nc[nH]c2C)C3)s1. The molecule has 25 heavy (non-hydrogen) atoms. The van der Waals surface area contributed by atoms with Crippen LogP contribution in [0.4, 0.5) is 0 Å². The molecule has 1 amide bonds. The first-order valence-corrected chi connectivity index (χ1v) is 9.79. The van der Waals surface area contributed by atoms with Gasteiger partial charge in [-0.1, -0.05) is 0 Å². The van der Waals surface area contributed by atoms with E-state index in [1.54, 1.807) is 6.33 Å². The summed E-state index contributed by atoms with van der Waals surface area (Å²) >= 11 is 1.53. The maximum absolute atomic E-state index is 13.1. The second-order valence-corrected chi connectivity index (χ2v) is 8.57. The topological polar surface area (TPSA) is 65.1 Å². The molecular weight excluding hydrogens is 334 g/mol. The normalized spacial score (nSPS) is 23.9. The number of piperidine rings is 1. The van der Waals surface area contributed by atoms with E-state index in [2.05, 4.69) is 31.7 Å². The maximum Gasteiger partial charge on any atom is 0.266 e. The number of carbonyl (C=O) groups excluding carboxylic acids is 1. The van der Waals surface area contributed by atoms with E-state index < -0.39 is 0 Å². The standard InChI is InChI=1S/C18H25N5OS/c1-11-16(20-10-19-11)9-22-6-14-4-5-15(8-22)23(7-14)18(24)17-12(2)21-13(3)25-17/h10,14-15H,4-9H2,1-3H3,(H,19,20)/t14-,15+/m1/s1. The van der Waals surface area contributed by atoms with E-state index in [1.807, 2.05) is 13.8 Å². The summed E-state index contributed by atoms with van der Waals surface area (Å²) in [4.78, 5) is 30.6. The first-order valence-electron chi connectivity index (χ1n) is 8.97. The predicted molar refractivity (Wildman–Crippen MR) is 97.7 cm³/mol. The third kappa shape index (κ3) is 3.22. The zero-order valence-corrected chi connectivity index (χ0v) is 15.9. The first kappa shape index (κ1) is 16.7. The van der Waals surface area contributed by atoms with Crippen molar-refractivity contribution in [1.29, 1.82) is 0 Å². The molecule has 0 aromatic carbocycles. The molecule has 134 valence electrons. The molecule has 1 N–H and O–H groups in total. The number of thiazole rings is 1. The van der Waals surface area contributed by atoms with Crippen molar-refractivity contribution in [3.8, 4) is 0 Å². The summed E-state index contributed by atoms with van der Waals surface area (Å²) < 4.78 is 0. The van der Waals surface area contributed by atoms with Crippen molar-refractivity contribution in [1.82, 2.24) is 24.8 Å². The number of rotatable bonds is 3. The van der Waals surface area contributed by atoms with Crippen LogP contribution in [0.5, 0.6) is 0 Å². The van der Waals surface area contributed by atoms with Crippen molar-refractivity contribution >= 4 is 17.2 Å². The number of hydrogen-bond acceptors (Lipinski definition) is 5. The molecule has 3 saturated heterocycles. The highest BCUT2D eigenvalue weighted by atomic mass is 32.1. The summed E-state index contributed by atoms with van der Waals surface area (Å²) in [6.45, 7) is 9.70. The summed E-state index contributed by atoms with van der Waals surface area (Å²) in [5.74, 6) is 0.729. The number of fused-ring (bicyclic) bond motifs is 4. The molecule has 2 aromatic rings. The minimum atomic E-state index is 0.176. The Bertz CT molecular complexity index is 782. The molecule has 5 heterocycles. The van der Waals surface area contributed by atoms with Crippen molar-refractivity contribution in [2.75, 3.05) is 19.6 Å². The maximum atomic E-state index is 13.1. The van der Waals surface area contributed by atoms with Gasteiger partial charge in [-0.3, -0.25) is 9.69 Å². The molecule has 0 saturated carbocycles. The number of nitrogens with one attached hydrogen (secondary N) is 1. The lowest BCUT2D eigenvalue weighted by atomic mass is 9.95. The number of aromatic amines is 1. The van der Waals surface area contributed by atoms with Gasteiger partial charge in [0, 0.05) is 37.9 Å². The van der Waals surface area contributed by atoms with Gasteiger partial charge in [0.1, 0.15) is 4.88 Å². The van der Waals surface area contributed by atoms with Crippen LogP contribution < -0.4 is 0 Å². The van der Waals surface area contributed by atoms with E-state index in [1.165, 1.54) is 17.8 Å². The van der Waals surface area contributed by atoms with Gasteiger partial charge in [0.2, 0.25) is 0 Å². The van der Waals surface area contributed by atoms with Gasteiger partial charge in [0.05, 0.1) is 22.7 Å². The highest BCUT2D eigenvalue weighted by Gasteiger charge is 2.38. The third-order valence-electron chi connectivity index (χ3n) is 5.46. The number of hydrogen-bond donors (Lipinski definition) is 1. The number of imidazole rings is 1. The van der Waals surface area contributed by atoms with E-state index in [0.29, 0.717) is 12.0 Å². The Kier molecular flexibility index (Phi) is 4.37. The van der Waals surface area contributed by atoms with E-state index in [9.17, 15) is 4.79 Å². The van der Waals surface area contributed by atoms with Crippen LogP contribution >= 0.6 is 11.3 Å². The van der Waals surface area contributed by atoms with Crippen LogP contribution in [0.1, 0.15) is 44.6 Å². The monoisotopic (exact) mass is 359 g/mol. The molecule has 0 spiro atoms. The van der Waals surface area contributed by atoms with Gasteiger partial charge in [0.25, 0.3) is 5.91 Å². The average molecular weight is 359 g/mol. The van der Waals surface area contributed by atoms with Gasteiger partial charge in [-0.15, -0.1) is 11.3 Å². The van der Waals surface area contributed by atoms with Gasteiger partial charge in [-0.2, -0.15) is 0 Å². The van der Waals surface area contributed by atoms with Crippen LogP contribution in [0.25, 0.3) is 0 Å². The number of aromatic nitrogens is 3. The van der Waals surface area contributed by atoms with Gasteiger partial charge < -0.3 is 9.88 Å². The number of nitrogens with zero attached hydrogens (tertiary/aromatic N) is 4. The van der Waals surface area contributed by atoms with Gasteiger partial charge in [-0.05, 0) is 39.5 Å². The van der Waals surface area contributed by atoms with Crippen molar-refractivity contribution in [2.24, 2.45) is 5.92 Å². The van der Waals surface area contributed by atoms with Crippen LogP contribution in [0.3, 0.4) is 0 Å². The molecule has 0 unspecified atom stereocenters. The number of carbonyl (C=O) groups is 1. The first-order chi connectivity index (χ1) is 12.0. The molecule has 0 aliphatic carbocycles. The third-order valence-corrected chi connectivity index (χ3v) is 6.52. The predicted octanol–water partition coefficient (Wildman–Crippen LogP) is 2.53. The Morgan fingerprint density at radius 2 is 2.12 bits per heavy atom. The van der Waals surface area contributed by atoms with Crippen molar-refractivity contribution in [3.63, 3.8) is 0 Å². The Morgan fingerprint density at radius 3 is 2.80 bits per heavy atom. The lowest BCUT2D eigenvalue weighted by Crippen LogP contribution is -2.47. The quantitative estimate of drug-likeness (QED) is 0.915. The molecule has 3 fully saturated rings.